The van der Waals surface area contributed by atoms with Crippen molar-refractivity contribution >= 4 is 18.1 Å². The first-order valence-electron chi connectivity index (χ1n) is 10.8. The van der Waals surface area contributed by atoms with E-state index in [2.05, 4.69) is 10.6 Å². The lowest BCUT2D eigenvalue weighted by Gasteiger charge is -2.21. The number of fused-ring (bicyclic) bond motifs is 1. The van der Waals surface area contributed by atoms with Gasteiger partial charge in [0.05, 0.1) is 13.5 Å². The van der Waals surface area contributed by atoms with Gasteiger partial charge in [0.1, 0.15) is 5.60 Å². The number of alkyl carbamates (subject to hydrolysis) is 1. The molecule has 0 saturated heterocycles. The van der Waals surface area contributed by atoms with Gasteiger partial charge in [-0.3, -0.25) is 4.79 Å². The van der Waals surface area contributed by atoms with E-state index in [-0.39, 0.29) is 17.9 Å². The Morgan fingerprint density at radius 1 is 1.10 bits per heavy atom. The van der Waals surface area contributed by atoms with Crippen LogP contribution in [0.15, 0.2) is 24.3 Å². The first kappa shape index (κ1) is 24.5. The van der Waals surface area contributed by atoms with Gasteiger partial charge in [0.25, 0.3) is 0 Å². The maximum Gasteiger partial charge on any atom is 0.407 e. The molecule has 1 atom stereocenters. The molecule has 0 aromatic heterocycles. The van der Waals surface area contributed by atoms with Crippen LogP contribution in [-0.4, -0.2) is 55.3 Å². The van der Waals surface area contributed by atoms with Crippen molar-refractivity contribution < 1.29 is 23.9 Å². The number of nitrogens with one attached hydrogen (secondary N) is 2. The van der Waals surface area contributed by atoms with E-state index < -0.39 is 11.7 Å². The quantitative estimate of drug-likeness (QED) is 0.506. The fraction of sp³-hybridized carbons (Fsp3) is 0.609. The molecule has 31 heavy (non-hydrogen) atoms. The van der Waals surface area contributed by atoms with Gasteiger partial charge < -0.3 is 25.0 Å². The molecule has 0 fully saturated rings. The molecule has 8 nitrogen and oxygen atoms in total. The average Bonchev–Trinajstić information content (AvgIpc) is 2.89. The lowest BCUT2D eigenvalue weighted by Crippen LogP contribution is -2.40. The summed E-state index contributed by atoms with van der Waals surface area (Å²) < 4.78 is 10.0. The summed E-state index contributed by atoms with van der Waals surface area (Å²) in [4.78, 5) is 37.9. The van der Waals surface area contributed by atoms with E-state index in [1.54, 1.807) is 4.90 Å². The van der Waals surface area contributed by atoms with Crippen LogP contribution in [0.3, 0.4) is 0 Å². The summed E-state index contributed by atoms with van der Waals surface area (Å²) in [5.74, 6) is -0.196. The number of hydrogen-bond donors (Lipinski definition) is 2. The summed E-state index contributed by atoms with van der Waals surface area (Å²) >= 11 is 0. The first-order valence-corrected chi connectivity index (χ1v) is 10.8. The molecule has 1 aliphatic rings. The Morgan fingerprint density at radius 2 is 1.77 bits per heavy atom. The zero-order valence-electron chi connectivity index (χ0n) is 19.0. The van der Waals surface area contributed by atoms with Crippen LogP contribution in [0.5, 0.6) is 0 Å². The van der Waals surface area contributed by atoms with Crippen molar-refractivity contribution in [1.29, 1.82) is 0 Å². The molecule has 1 unspecified atom stereocenters. The van der Waals surface area contributed by atoms with Crippen LogP contribution in [0.25, 0.3) is 0 Å². The molecule has 2 rings (SSSR count). The van der Waals surface area contributed by atoms with Gasteiger partial charge in [-0.05, 0) is 57.1 Å². The van der Waals surface area contributed by atoms with Crippen molar-refractivity contribution in [2.45, 2.75) is 64.5 Å². The van der Waals surface area contributed by atoms with Crippen molar-refractivity contribution in [3.63, 3.8) is 0 Å². The minimum atomic E-state index is -0.514. The highest BCUT2D eigenvalue weighted by molar-refractivity contribution is 5.74. The number of carbonyl (C=O) groups excluding carboxylic acids is 3. The van der Waals surface area contributed by atoms with Crippen molar-refractivity contribution in [2.75, 3.05) is 26.7 Å². The number of methoxy groups -OCH3 is 1. The van der Waals surface area contributed by atoms with Crippen molar-refractivity contribution in [2.24, 2.45) is 0 Å². The second kappa shape index (κ2) is 11.6. The van der Waals surface area contributed by atoms with Crippen molar-refractivity contribution in [3.8, 4) is 0 Å². The average molecular weight is 434 g/mol. The Morgan fingerprint density at radius 3 is 2.45 bits per heavy atom. The lowest BCUT2D eigenvalue weighted by molar-refractivity contribution is -0.141. The van der Waals surface area contributed by atoms with Gasteiger partial charge in [0, 0.05) is 26.2 Å². The summed E-state index contributed by atoms with van der Waals surface area (Å²) in [5.41, 5.74) is 1.65. The predicted octanol–water partition coefficient (Wildman–Crippen LogP) is 3.55. The number of carbonyl (C=O) groups is 3. The largest absolute Gasteiger partial charge is 0.469 e. The summed E-state index contributed by atoms with van der Waals surface area (Å²) in [6, 6.07) is 7.83. The van der Waals surface area contributed by atoms with E-state index >= 15 is 0 Å². The summed E-state index contributed by atoms with van der Waals surface area (Å²) in [7, 11) is 1.40. The molecule has 1 aliphatic heterocycles. The van der Waals surface area contributed by atoms with Gasteiger partial charge in [0.15, 0.2) is 0 Å². The van der Waals surface area contributed by atoms with Gasteiger partial charge in [-0.25, -0.2) is 9.59 Å². The number of nitrogens with zero attached hydrogens (tertiary/aromatic N) is 1. The Balaban J connectivity index is 1.78. The maximum atomic E-state index is 12.7. The SMILES string of the molecule is COC(=O)CC1CCN(C(=O)NCCCCNC(=O)OC(C)(C)C)Cc2ccccc21. The molecule has 0 radical (unpaired) electrons. The molecule has 8 heteroatoms. The number of unbranched alkanes of at least 4 members (excludes halogenated alkanes) is 1. The number of hydrogen-bond acceptors (Lipinski definition) is 5. The monoisotopic (exact) mass is 433 g/mol. The van der Waals surface area contributed by atoms with Crippen LogP contribution >= 0.6 is 0 Å². The van der Waals surface area contributed by atoms with Crippen LogP contribution in [0, 0.1) is 0 Å². The highest BCUT2D eigenvalue weighted by atomic mass is 16.6. The maximum absolute atomic E-state index is 12.7. The molecule has 172 valence electrons. The summed E-state index contributed by atoms with van der Waals surface area (Å²) in [5, 5.41) is 5.67. The normalized spacial score (nSPS) is 16.0. The standard InChI is InChI=1S/C23H35N3O5/c1-23(2,3)31-22(29)25-13-8-7-12-24-21(28)26-14-11-17(15-20(27)30-4)19-10-6-5-9-18(19)16-26/h5-6,9-10,17H,7-8,11-16H2,1-4H3,(H,24,28)(H,25,29). The fourth-order valence-electron chi connectivity index (χ4n) is 3.56. The van der Waals surface area contributed by atoms with E-state index in [0.717, 1.165) is 24.0 Å². The molecule has 2 N–H and O–H groups in total. The molecular formula is C23H35N3O5. The number of ether oxygens (including phenoxy) is 2. The minimum Gasteiger partial charge on any atom is -0.469 e. The van der Waals surface area contributed by atoms with Crippen LogP contribution in [0.2, 0.25) is 0 Å². The molecule has 0 spiro atoms. The topological polar surface area (TPSA) is 97.0 Å². The van der Waals surface area contributed by atoms with E-state index in [9.17, 15) is 14.4 Å². The summed E-state index contributed by atoms with van der Waals surface area (Å²) in [6.07, 6.45) is 2.08. The second-order valence-corrected chi connectivity index (χ2v) is 8.75. The number of rotatable bonds is 7. The van der Waals surface area contributed by atoms with Gasteiger partial charge >= 0.3 is 18.1 Å². The second-order valence-electron chi connectivity index (χ2n) is 8.75. The van der Waals surface area contributed by atoms with Gasteiger partial charge in [-0.2, -0.15) is 0 Å². The van der Waals surface area contributed by atoms with Crippen LogP contribution < -0.4 is 10.6 Å². The highest BCUT2D eigenvalue weighted by Gasteiger charge is 2.26. The zero-order valence-corrected chi connectivity index (χ0v) is 19.0. The fourth-order valence-corrected chi connectivity index (χ4v) is 3.56. The van der Waals surface area contributed by atoms with Crippen molar-refractivity contribution in [1.82, 2.24) is 15.5 Å². The number of urea groups is 1. The molecule has 1 heterocycles. The molecule has 0 bridgehead atoms. The Bertz CT molecular complexity index is 760. The number of benzene rings is 1. The summed E-state index contributed by atoms with van der Waals surface area (Å²) in [6.45, 7) is 7.57. The first-order chi connectivity index (χ1) is 14.7. The third-order valence-corrected chi connectivity index (χ3v) is 5.08. The van der Waals surface area contributed by atoms with E-state index in [1.165, 1.54) is 7.11 Å². The Hall–Kier alpha value is -2.77. The van der Waals surface area contributed by atoms with E-state index in [0.29, 0.717) is 39.0 Å². The van der Waals surface area contributed by atoms with Gasteiger partial charge in [-0.1, -0.05) is 24.3 Å². The minimum absolute atomic E-state index is 0.0420. The predicted molar refractivity (Wildman–Crippen MR) is 118 cm³/mol. The van der Waals surface area contributed by atoms with Crippen molar-refractivity contribution in [3.05, 3.63) is 35.4 Å². The smallest absolute Gasteiger partial charge is 0.407 e. The molecule has 1 aromatic rings. The third-order valence-electron chi connectivity index (χ3n) is 5.08. The number of amides is 3. The molecule has 3 amide bonds. The van der Waals surface area contributed by atoms with Gasteiger partial charge in [0.2, 0.25) is 0 Å². The highest BCUT2D eigenvalue weighted by Crippen LogP contribution is 2.31. The van der Waals surface area contributed by atoms with Gasteiger partial charge in [-0.15, -0.1) is 0 Å². The lowest BCUT2D eigenvalue weighted by atomic mass is 9.90. The Labute approximate surface area is 184 Å². The Kier molecular flexibility index (Phi) is 9.15. The van der Waals surface area contributed by atoms with E-state index in [4.69, 9.17) is 9.47 Å². The molecule has 0 saturated carbocycles. The van der Waals surface area contributed by atoms with Crippen LogP contribution in [0.4, 0.5) is 9.59 Å². The third kappa shape index (κ3) is 8.47. The van der Waals surface area contributed by atoms with E-state index in [1.807, 2.05) is 45.0 Å². The zero-order chi connectivity index (χ0) is 22.9. The molecule has 0 aliphatic carbocycles. The number of esters is 1. The molecular weight excluding hydrogens is 398 g/mol. The van der Waals surface area contributed by atoms with Crippen LogP contribution in [-0.2, 0) is 20.8 Å². The molecule has 1 aromatic carbocycles. The van der Waals surface area contributed by atoms with Crippen LogP contribution in [0.1, 0.15) is 63.5 Å².